The Morgan fingerprint density at radius 1 is 1.33 bits per heavy atom. The first-order valence-corrected chi connectivity index (χ1v) is 6.59. The third-order valence-electron chi connectivity index (χ3n) is 3.21. The van der Waals surface area contributed by atoms with E-state index in [0.717, 1.165) is 22.3 Å². The number of pyridine rings is 1. The van der Waals surface area contributed by atoms with Gasteiger partial charge < -0.3 is 20.7 Å². The Morgan fingerprint density at radius 2 is 2.19 bits per heavy atom. The molecule has 0 aliphatic rings. The molecule has 3 aromatic rings. The summed E-state index contributed by atoms with van der Waals surface area (Å²) < 4.78 is 1.95. The number of nitrogen functional groups attached to an aromatic ring is 1. The number of aliphatic hydroxyl groups excluding tert-OH is 1. The summed E-state index contributed by atoms with van der Waals surface area (Å²) >= 11 is 0. The van der Waals surface area contributed by atoms with Crippen LogP contribution in [0.2, 0.25) is 0 Å². The van der Waals surface area contributed by atoms with Gasteiger partial charge in [0.05, 0.1) is 12.3 Å². The van der Waals surface area contributed by atoms with Crippen molar-refractivity contribution < 1.29 is 5.11 Å². The SMILES string of the molecule is Cn1ccc2c(-c3cc(NCCO)nc(N)n3)ccnc21. The van der Waals surface area contributed by atoms with Gasteiger partial charge in [-0.3, -0.25) is 0 Å². The zero-order valence-electron chi connectivity index (χ0n) is 11.6. The second kappa shape index (κ2) is 5.37. The van der Waals surface area contributed by atoms with E-state index in [-0.39, 0.29) is 12.6 Å². The Hall–Kier alpha value is -2.67. The second-order valence-electron chi connectivity index (χ2n) is 4.67. The molecule has 0 aliphatic heterocycles. The molecule has 21 heavy (non-hydrogen) atoms. The summed E-state index contributed by atoms with van der Waals surface area (Å²) in [6.45, 7) is 0.435. The molecular formula is C14H16N6O. The first kappa shape index (κ1) is 13.3. The lowest BCUT2D eigenvalue weighted by molar-refractivity contribution is 0.311. The van der Waals surface area contributed by atoms with Crippen LogP contribution in [0.25, 0.3) is 22.3 Å². The van der Waals surface area contributed by atoms with E-state index < -0.39 is 0 Å². The number of fused-ring (bicyclic) bond motifs is 1. The summed E-state index contributed by atoms with van der Waals surface area (Å²) in [5, 5.41) is 12.9. The van der Waals surface area contributed by atoms with Crippen molar-refractivity contribution in [2.24, 2.45) is 7.05 Å². The van der Waals surface area contributed by atoms with Crippen molar-refractivity contribution in [3.63, 3.8) is 0 Å². The molecule has 0 unspecified atom stereocenters. The maximum Gasteiger partial charge on any atom is 0.222 e. The van der Waals surface area contributed by atoms with E-state index >= 15 is 0 Å². The molecule has 0 spiro atoms. The first-order chi connectivity index (χ1) is 10.2. The van der Waals surface area contributed by atoms with Gasteiger partial charge >= 0.3 is 0 Å². The maximum atomic E-state index is 8.88. The molecule has 3 aromatic heterocycles. The fourth-order valence-corrected chi connectivity index (χ4v) is 2.27. The van der Waals surface area contributed by atoms with E-state index in [9.17, 15) is 0 Å². The number of rotatable bonds is 4. The zero-order valence-corrected chi connectivity index (χ0v) is 11.6. The highest BCUT2D eigenvalue weighted by Crippen LogP contribution is 2.28. The Balaban J connectivity index is 2.11. The minimum absolute atomic E-state index is 0.0252. The summed E-state index contributed by atoms with van der Waals surface area (Å²) in [5.41, 5.74) is 8.33. The van der Waals surface area contributed by atoms with Crippen LogP contribution in [0.4, 0.5) is 11.8 Å². The third kappa shape index (κ3) is 2.50. The van der Waals surface area contributed by atoms with Crippen molar-refractivity contribution in [2.75, 3.05) is 24.2 Å². The molecule has 7 nitrogen and oxygen atoms in total. The molecule has 3 rings (SSSR count). The Labute approximate surface area is 121 Å². The van der Waals surface area contributed by atoms with Gasteiger partial charge in [-0.05, 0) is 12.1 Å². The molecule has 3 heterocycles. The van der Waals surface area contributed by atoms with Crippen molar-refractivity contribution in [3.8, 4) is 11.3 Å². The third-order valence-corrected chi connectivity index (χ3v) is 3.21. The van der Waals surface area contributed by atoms with Gasteiger partial charge in [-0.1, -0.05) is 0 Å². The Morgan fingerprint density at radius 3 is 3.00 bits per heavy atom. The molecule has 7 heteroatoms. The molecule has 0 fully saturated rings. The molecule has 0 aliphatic carbocycles. The van der Waals surface area contributed by atoms with Crippen molar-refractivity contribution in [1.29, 1.82) is 0 Å². The van der Waals surface area contributed by atoms with Crippen LogP contribution >= 0.6 is 0 Å². The minimum atomic E-state index is 0.0252. The van der Waals surface area contributed by atoms with E-state index in [1.165, 1.54) is 0 Å². The number of anilines is 2. The molecule has 0 saturated heterocycles. The maximum absolute atomic E-state index is 8.88. The largest absolute Gasteiger partial charge is 0.395 e. The fourth-order valence-electron chi connectivity index (χ4n) is 2.27. The van der Waals surface area contributed by atoms with E-state index in [4.69, 9.17) is 10.8 Å². The molecule has 0 radical (unpaired) electrons. The lowest BCUT2D eigenvalue weighted by Crippen LogP contribution is -2.09. The van der Waals surface area contributed by atoms with Crippen LogP contribution in [-0.2, 0) is 7.05 Å². The van der Waals surface area contributed by atoms with Crippen molar-refractivity contribution in [1.82, 2.24) is 19.5 Å². The van der Waals surface area contributed by atoms with Crippen molar-refractivity contribution in [3.05, 3.63) is 30.6 Å². The van der Waals surface area contributed by atoms with Crippen LogP contribution in [0.5, 0.6) is 0 Å². The molecule has 108 valence electrons. The molecule has 0 amide bonds. The standard InChI is InChI=1S/C14H16N6O/c1-20-6-3-10-9(2-4-17-13(10)20)11-8-12(16-5-7-21)19-14(15)18-11/h2-4,6,8,21H,5,7H2,1H3,(H3,15,16,18,19). The molecule has 0 bridgehead atoms. The molecule has 4 N–H and O–H groups in total. The predicted octanol–water partition coefficient (Wildman–Crippen LogP) is 1.02. The average molecular weight is 284 g/mol. The van der Waals surface area contributed by atoms with E-state index in [2.05, 4.69) is 20.3 Å². The fraction of sp³-hybridized carbons (Fsp3) is 0.214. The Bertz CT molecular complexity index is 782. The summed E-state index contributed by atoms with van der Waals surface area (Å²) in [7, 11) is 1.95. The predicted molar refractivity (Wildman–Crippen MR) is 81.7 cm³/mol. The quantitative estimate of drug-likeness (QED) is 0.661. The molecule has 0 atom stereocenters. The zero-order chi connectivity index (χ0) is 14.8. The van der Waals surface area contributed by atoms with E-state index in [1.54, 1.807) is 6.20 Å². The van der Waals surface area contributed by atoms with Gasteiger partial charge in [0.1, 0.15) is 11.5 Å². The summed E-state index contributed by atoms with van der Waals surface area (Å²) in [6, 6.07) is 5.71. The van der Waals surface area contributed by atoms with Crippen molar-refractivity contribution in [2.45, 2.75) is 0 Å². The number of aliphatic hydroxyl groups is 1. The summed E-state index contributed by atoms with van der Waals surface area (Å²) in [5.74, 6) is 0.779. The smallest absolute Gasteiger partial charge is 0.222 e. The second-order valence-corrected chi connectivity index (χ2v) is 4.67. The van der Waals surface area contributed by atoms with Gasteiger partial charge in [-0.15, -0.1) is 0 Å². The number of hydrogen-bond acceptors (Lipinski definition) is 6. The Kier molecular flexibility index (Phi) is 3.41. The lowest BCUT2D eigenvalue weighted by Gasteiger charge is -2.08. The number of aromatic nitrogens is 4. The summed E-state index contributed by atoms with van der Waals surface area (Å²) in [6.07, 6.45) is 3.70. The number of nitrogens with zero attached hydrogens (tertiary/aromatic N) is 4. The molecular weight excluding hydrogens is 268 g/mol. The van der Waals surface area contributed by atoms with Crippen LogP contribution in [-0.4, -0.2) is 37.8 Å². The van der Waals surface area contributed by atoms with Crippen LogP contribution in [0.3, 0.4) is 0 Å². The van der Waals surface area contributed by atoms with Crippen LogP contribution in [0.15, 0.2) is 30.6 Å². The van der Waals surface area contributed by atoms with E-state index in [1.807, 2.05) is 36.0 Å². The van der Waals surface area contributed by atoms with Gasteiger partial charge in [0.2, 0.25) is 5.95 Å². The van der Waals surface area contributed by atoms with Gasteiger partial charge in [0.25, 0.3) is 0 Å². The minimum Gasteiger partial charge on any atom is -0.395 e. The van der Waals surface area contributed by atoms with Gasteiger partial charge in [-0.2, -0.15) is 4.98 Å². The number of nitrogens with two attached hydrogens (primary N) is 1. The van der Waals surface area contributed by atoms with Crippen molar-refractivity contribution >= 4 is 22.8 Å². The lowest BCUT2D eigenvalue weighted by atomic mass is 10.1. The number of nitrogens with one attached hydrogen (secondary N) is 1. The average Bonchev–Trinajstić information content (AvgIpc) is 2.86. The van der Waals surface area contributed by atoms with Crippen LogP contribution in [0, 0.1) is 0 Å². The number of aryl methyl sites for hydroxylation is 1. The molecule has 0 aromatic carbocycles. The summed E-state index contributed by atoms with van der Waals surface area (Å²) in [4.78, 5) is 12.8. The highest BCUT2D eigenvalue weighted by molar-refractivity contribution is 5.92. The molecule has 0 saturated carbocycles. The first-order valence-electron chi connectivity index (χ1n) is 6.59. The van der Waals surface area contributed by atoms with Crippen LogP contribution in [0.1, 0.15) is 0 Å². The van der Waals surface area contributed by atoms with Crippen LogP contribution < -0.4 is 11.1 Å². The van der Waals surface area contributed by atoms with Gasteiger partial charge in [0.15, 0.2) is 0 Å². The topological polar surface area (TPSA) is 102 Å². The highest BCUT2D eigenvalue weighted by Gasteiger charge is 2.10. The van der Waals surface area contributed by atoms with E-state index in [0.29, 0.717) is 12.4 Å². The van der Waals surface area contributed by atoms with Gasteiger partial charge in [0, 0.05) is 43.0 Å². The van der Waals surface area contributed by atoms with Gasteiger partial charge in [-0.25, -0.2) is 9.97 Å². The normalized spacial score (nSPS) is 11.0. The highest BCUT2D eigenvalue weighted by atomic mass is 16.3. The monoisotopic (exact) mass is 284 g/mol. The number of hydrogen-bond donors (Lipinski definition) is 3.